The first-order chi connectivity index (χ1) is 11.7. The molecular formula is C18H28O6Si. The zero-order valence-electron chi connectivity index (χ0n) is 15.0. The molecule has 2 aliphatic heterocycles. The van der Waals surface area contributed by atoms with E-state index in [0.29, 0.717) is 0 Å². The van der Waals surface area contributed by atoms with Gasteiger partial charge in [-0.15, -0.1) is 0 Å². The predicted octanol–water partition coefficient (Wildman–Crippen LogP) is 1.64. The first-order valence-electron chi connectivity index (χ1n) is 8.77. The first kappa shape index (κ1) is 19.0. The van der Waals surface area contributed by atoms with Crippen molar-refractivity contribution in [3.05, 3.63) is 35.9 Å². The van der Waals surface area contributed by atoms with Crippen LogP contribution in [0.15, 0.2) is 30.3 Å². The van der Waals surface area contributed by atoms with Crippen LogP contribution in [-0.4, -0.2) is 60.2 Å². The summed E-state index contributed by atoms with van der Waals surface area (Å²) >= 11 is 0. The molecule has 2 fully saturated rings. The van der Waals surface area contributed by atoms with Crippen molar-refractivity contribution in [1.29, 1.82) is 0 Å². The molecule has 6 atom stereocenters. The number of fused-ring (bicyclic) bond motifs is 1. The average Bonchev–Trinajstić information content (AvgIpc) is 2.58. The van der Waals surface area contributed by atoms with Crippen LogP contribution in [0.1, 0.15) is 18.3 Å². The van der Waals surface area contributed by atoms with Crippen LogP contribution in [-0.2, 0) is 14.2 Å². The molecule has 0 spiro atoms. The van der Waals surface area contributed by atoms with E-state index in [1.54, 1.807) is 0 Å². The van der Waals surface area contributed by atoms with E-state index in [1.807, 2.05) is 30.3 Å². The molecule has 0 radical (unpaired) electrons. The van der Waals surface area contributed by atoms with Gasteiger partial charge in [-0.2, -0.15) is 0 Å². The molecule has 0 bridgehead atoms. The molecule has 2 saturated heterocycles. The van der Waals surface area contributed by atoms with Crippen LogP contribution in [0.3, 0.4) is 0 Å². The summed E-state index contributed by atoms with van der Waals surface area (Å²) in [5, 5.41) is 32.0. The average molecular weight is 369 g/mol. The monoisotopic (exact) mass is 368 g/mol. The van der Waals surface area contributed by atoms with Crippen molar-refractivity contribution in [3.8, 4) is 0 Å². The fraction of sp³-hybridized carbons (Fsp3) is 0.667. The molecule has 25 heavy (non-hydrogen) atoms. The first-order valence-corrected chi connectivity index (χ1v) is 12.5. The van der Waals surface area contributed by atoms with Gasteiger partial charge in [0.05, 0.1) is 6.61 Å². The van der Waals surface area contributed by atoms with E-state index in [9.17, 15) is 15.3 Å². The lowest BCUT2D eigenvalue weighted by Gasteiger charge is -2.51. The maximum atomic E-state index is 10.9. The van der Waals surface area contributed by atoms with Gasteiger partial charge in [0.2, 0.25) is 0 Å². The van der Waals surface area contributed by atoms with Gasteiger partial charge < -0.3 is 29.5 Å². The zero-order valence-corrected chi connectivity index (χ0v) is 16.0. The standard InChI is InChI=1S/C18H28O6Si/c1-25(2,3)10-9-18(21)15(19)14-13(23-17(18)20)11-22-16(24-14)12-7-5-4-6-8-12/h4-8,13-17,19-21H,9-11H2,1-3H3/t13-,14+,15+,16?,17?,18-/m1/s1. The Morgan fingerprint density at radius 3 is 2.44 bits per heavy atom. The third-order valence-corrected chi connectivity index (χ3v) is 6.71. The molecule has 2 unspecified atom stereocenters. The maximum absolute atomic E-state index is 10.9. The van der Waals surface area contributed by atoms with Gasteiger partial charge in [0.15, 0.2) is 12.6 Å². The number of benzene rings is 1. The smallest absolute Gasteiger partial charge is 0.186 e. The largest absolute Gasteiger partial charge is 0.387 e. The molecule has 140 valence electrons. The minimum absolute atomic E-state index is 0.183. The highest BCUT2D eigenvalue weighted by molar-refractivity contribution is 6.76. The summed E-state index contributed by atoms with van der Waals surface area (Å²) in [7, 11) is -1.46. The Kier molecular flexibility index (Phi) is 5.37. The van der Waals surface area contributed by atoms with E-state index in [1.165, 1.54) is 0 Å². The summed E-state index contributed by atoms with van der Waals surface area (Å²) in [6, 6.07) is 10.2. The van der Waals surface area contributed by atoms with E-state index in [4.69, 9.17) is 14.2 Å². The van der Waals surface area contributed by atoms with Gasteiger partial charge >= 0.3 is 0 Å². The number of rotatable bonds is 4. The van der Waals surface area contributed by atoms with Gasteiger partial charge in [0.1, 0.15) is 23.9 Å². The molecular weight excluding hydrogens is 340 g/mol. The lowest BCUT2D eigenvalue weighted by atomic mass is 9.84. The molecule has 3 N–H and O–H groups in total. The third-order valence-electron chi connectivity index (χ3n) is 4.96. The number of aliphatic hydroxyl groups excluding tert-OH is 2. The Morgan fingerprint density at radius 2 is 1.80 bits per heavy atom. The van der Waals surface area contributed by atoms with Crippen LogP contribution >= 0.6 is 0 Å². The van der Waals surface area contributed by atoms with Crippen molar-refractivity contribution >= 4 is 8.07 Å². The third kappa shape index (κ3) is 3.98. The fourth-order valence-electron chi connectivity index (χ4n) is 3.29. The molecule has 1 aromatic rings. The van der Waals surface area contributed by atoms with Crippen LogP contribution in [0.4, 0.5) is 0 Å². The number of hydrogen-bond donors (Lipinski definition) is 3. The Labute approximate surface area is 149 Å². The minimum atomic E-state index is -1.74. The highest BCUT2D eigenvalue weighted by atomic mass is 28.3. The summed E-state index contributed by atoms with van der Waals surface area (Å²) in [4.78, 5) is 0. The molecule has 6 nitrogen and oxygen atoms in total. The molecule has 0 aliphatic carbocycles. The molecule has 7 heteroatoms. The second-order valence-corrected chi connectivity index (χ2v) is 13.8. The summed E-state index contributed by atoms with van der Waals surface area (Å²) < 4.78 is 17.1. The van der Waals surface area contributed by atoms with Gasteiger partial charge in [-0.05, 0) is 6.42 Å². The molecule has 0 saturated carbocycles. The van der Waals surface area contributed by atoms with E-state index < -0.39 is 44.6 Å². The van der Waals surface area contributed by atoms with Gasteiger partial charge in [0.25, 0.3) is 0 Å². The van der Waals surface area contributed by atoms with Crippen molar-refractivity contribution in [1.82, 2.24) is 0 Å². The Bertz CT molecular complexity index is 577. The normalized spacial score (nSPS) is 39.0. The summed E-state index contributed by atoms with van der Waals surface area (Å²) in [6.07, 6.45) is -4.43. The van der Waals surface area contributed by atoms with Crippen molar-refractivity contribution < 1.29 is 29.5 Å². The number of hydrogen-bond acceptors (Lipinski definition) is 6. The second kappa shape index (κ2) is 7.07. The van der Waals surface area contributed by atoms with Gasteiger partial charge in [-0.3, -0.25) is 0 Å². The number of ether oxygens (including phenoxy) is 3. The molecule has 0 aromatic heterocycles. The van der Waals surface area contributed by atoms with Crippen molar-refractivity contribution in [2.75, 3.05) is 6.61 Å². The quantitative estimate of drug-likeness (QED) is 0.700. The van der Waals surface area contributed by atoms with Crippen LogP contribution < -0.4 is 0 Å². The second-order valence-electron chi connectivity index (χ2n) is 8.20. The van der Waals surface area contributed by atoms with Gasteiger partial charge in [-0.1, -0.05) is 56.0 Å². The summed E-state index contributed by atoms with van der Waals surface area (Å²) in [5.41, 5.74) is -0.898. The topological polar surface area (TPSA) is 88.4 Å². The molecule has 0 amide bonds. The lowest BCUT2D eigenvalue weighted by molar-refractivity contribution is -0.380. The highest BCUT2D eigenvalue weighted by Gasteiger charge is 2.57. The molecule has 1 aromatic carbocycles. The Balaban J connectivity index is 1.76. The lowest BCUT2D eigenvalue weighted by Crippen LogP contribution is -2.68. The fourth-order valence-corrected chi connectivity index (χ4v) is 4.44. The Morgan fingerprint density at radius 1 is 1.12 bits per heavy atom. The van der Waals surface area contributed by atoms with E-state index in [0.717, 1.165) is 11.6 Å². The zero-order chi connectivity index (χ0) is 18.2. The maximum Gasteiger partial charge on any atom is 0.186 e. The van der Waals surface area contributed by atoms with Gasteiger partial charge in [0, 0.05) is 13.6 Å². The van der Waals surface area contributed by atoms with Gasteiger partial charge in [-0.25, -0.2) is 0 Å². The predicted molar refractivity (Wildman–Crippen MR) is 94.6 cm³/mol. The number of aliphatic hydroxyl groups is 3. The summed E-state index contributed by atoms with van der Waals surface area (Å²) in [5.74, 6) is 0. The van der Waals surface area contributed by atoms with E-state index in [2.05, 4.69) is 19.6 Å². The molecule has 2 aliphatic rings. The van der Waals surface area contributed by atoms with Crippen LogP contribution in [0.2, 0.25) is 25.7 Å². The molecule has 2 heterocycles. The van der Waals surface area contributed by atoms with Crippen molar-refractivity contribution in [2.45, 2.75) is 68.6 Å². The highest BCUT2D eigenvalue weighted by Crippen LogP contribution is 2.40. The van der Waals surface area contributed by atoms with Crippen molar-refractivity contribution in [3.63, 3.8) is 0 Å². The molecule has 3 rings (SSSR count). The van der Waals surface area contributed by atoms with E-state index in [-0.39, 0.29) is 13.0 Å². The van der Waals surface area contributed by atoms with Crippen LogP contribution in [0, 0.1) is 0 Å². The van der Waals surface area contributed by atoms with Crippen LogP contribution in [0.25, 0.3) is 0 Å². The SMILES string of the molecule is C[Si](C)(C)CC[C@]1(O)C(O)O[C@@H]2COC(c3ccccc3)O[C@@H]2[C@@H]1O. The Hall–Kier alpha value is -0.803. The van der Waals surface area contributed by atoms with E-state index >= 15 is 0 Å². The van der Waals surface area contributed by atoms with Crippen LogP contribution in [0.5, 0.6) is 0 Å². The van der Waals surface area contributed by atoms with Crippen molar-refractivity contribution in [2.24, 2.45) is 0 Å². The summed E-state index contributed by atoms with van der Waals surface area (Å²) in [6.45, 7) is 6.72. The minimum Gasteiger partial charge on any atom is -0.387 e.